The number of ether oxygens (including phenoxy) is 2. The molecule has 0 radical (unpaired) electrons. The summed E-state index contributed by atoms with van der Waals surface area (Å²) in [6.07, 6.45) is 0. The third kappa shape index (κ3) is 3.76. The highest BCUT2D eigenvalue weighted by molar-refractivity contribution is 5.78. The van der Waals surface area contributed by atoms with Gasteiger partial charge in [0.05, 0.1) is 13.0 Å². The molecule has 1 aliphatic rings. The molecule has 1 amide bonds. The molecular weight excluding hydrogens is 346 g/mol. The minimum absolute atomic E-state index is 0.00184. The van der Waals surface area contributed by atoms with Crippen molar-refractivity contribution in [2.45, 2.75) is 5.92 Å². The summed E-state index contributed by atoms with van der Waals surface area (Å²) in [4.78, 5) is 18.4. The third-order valence-electron chi connectivity index (χ3n) is 4.48. The predicted molar refractivity (Wildman–Crippen MR) is 97.5 cm³/mol. The van der Waals surface area contributed by atoms with Crippen LogP contribution in [0.1, 0.15) is 11.8 Å². The smallest absolute Gasteiger partial charge is 0.260 e. The molecule has 0 saturated carbocycles. The predicted octanol–water partition coefficient (Wildman–Crippen LogP) is 2.75. The molecule has 1 fully saturated rings. The molecule has 3 aromatic rings. The van der Waals surface area contributed by atoms with Gasteiger partial charge in [-0.05, 0) is 24.3 Å². The third-order valence-corrected chi connectivity index (χ3v) is 4.48. The molecule has 2 aromatic carbocycles. The van der Waals surface area contributed by atoms with Crippen LogP contribution in [-0.4, -0.2) is 47.8 Å². The van der Waals surface area contributed by atoms with E-state index in [1.807, 2.05) is 30.3 Å². The van der Waals surface area contributed by atoms with Gasteiger partial charge in [0.2, 0.25) is 11.7 Å². The SMILES string of the molecule is COc1ccc(OCC(=O)N2CC(c3nc(-c4ccccc4)no3)C2)cc1. The highest BCUT2D eigenvalue weighted by atomic mass is 16.5. The van der Waals surface area contributed by atoms with Crippen molar-refractivity contribution in [2.24, 2.45) is 0 Å². The van der Waals surface area contributed by atoms with Crippen LogP contribution in [0.5, 0.6) is 11.5 Å². The number of hydrogen-bond donors (Lipinski definition) is 0. The van der Waals surface area contributed by atoms with Gasteiger partial charge in [0, 0.05) is 18.7 Å². The zero-order chi connectivity index (χ0) is 18.6. The zero-order valence-corrected chi connectivity index (χ0v) is 14.9. The van der Waals surface area contributed by atoms with E-state index in [1.54, 1.807) is 36.3 Å². The summed E-state index contributed by atoms with van der Waals surface area (Å²) < 4.78 is 16.0. The number of benzene rings is 2. The number of likely N-dealkylation sites (tertiary alicyclic amines) is 1. The molecule has 0 N–H and O–H groups in total. The van der Waals surface area contributed by atoms with E-state index >= 15 is 0 Å². The van der Waals surface area contributed by atoms with E-state index in [2.05, 4.69) is 10.1 Å². The quantitative estimate of drug-likeness (QED) is 0.668. The molecule has 4 rings (SSSR count). The number of carbonyl (C=O) groups is 1. The second-order valence-electron chi connectivity index (χ2n) is 6.28. The first-order chi connectivity index (χ1) is 13.2. The molecular formula is C20H19N3O4. The van der Waals surface area contributed by atoms with E-state index in [9.17, 15) is 4.79 Å². The van der Waals surface area contributed by atoms with Gasteiger partial charge in [-0.3, -0.25) is 4.79 Å². The summed E-state index contributed by atoms with van der Waals surface area (Å²) in [6.45, 7) is 1.11. The topological polar surface area (TPSA) is 77.7 Å². The summed E-state index contributed by atoms with van der Waals surface area (Å²) in [5.41, 5.74) is 0.910. The van der Waals surface area contributed by atoms with Crippen LogP contribution in [0.2, 0.25) is 0 Å². The minimum atomic E-state index is -0.0649. The van der Waals surface area contributed by atoms with Crippen LogP contribution in [0.4, 0.5) is 0 Å². The molecule has 0 atom stereocenters. The average molecular weight is 365 g/mol. The normalized spacial score (nSPS) is 13.9. The molecule has 2 heterocycles. The van der Waals surface area contributed by atoms with Crippen molar-refractivity contribution in [3.63, 3.8) is 0 Å². The molecule has 0 bridgehead atoms. The van der Waals surface area contributed by atoms with Gasteiger partial charge >= 0.3 is 0 Å². The summed E-state index contributed by atoms with van der Waals surface area (Å²) in [6, 6.07) is 16.8. The number of aromatic nitrogens is 2. The summed E-state index contributed by atoms with van der Waals surface area (Å²) in [7, 11) is 1.60. The first kappa shape index (κ1) is 17.1. The van der Waals surface area contributed by atoms with Crippen LogP contribution in [-0.2, 0) is 4.79 Å². The Morgan fingerprint density at radius 1 is 1.11 bits per heavy atom. The molecule has 7 nitrogen and oxygen atoms in total. The Balaban J connectivity index is 1.27. The highest BCUT2D eigenvalue weighted by Crippen LogP contribution is 2.27. The second kappa shape index (κ2) is 7.49. The van der Waals surface area contributed by atoms with E-state index in [1.165, 1.54) is 0 Å². The van der Waals surface area contributed by atoms with Crippen molar-refractivity contribution in [1.82, 2.24) is 15.0 Å². The number of amides is 1. The lowest BCUT2D eigenvalue weighted by molar-refractivity contribution is -0.138. The summed E-state index contributed by atoms with van der Waals surface area (Å²) in [5, 5.41) is 4.02. The van der Waals surface area contributed by atoms with Gasteiger partial charge in [0.25, 0.3) is 5.91 Å². The van der Waals surface area contributed by atoms with Gasteiger partial charge in [0.1, 0.15) is 11.5 Å². The summed E-state index contributed by atoms with van der Waals surface area (Å²) >= 11 is 0. The van der Waals surface area contributed by atoms with E-state index < -0.39 is 0 Å². The van der Waals surface area contributed by atoms with Gasteiger partial charge in [-0.2, -0.15) is 4.98 Å². The largest absolute Gasteiger partial charge is 0.497 e. The molecule has 0 unspecified atom stereocenters. The Labute approximate surface area is 156 Å². The fourth-order valence-corrected chi connectivity index (χ4v) is 2.85. The average Bonchev–Trinajstić information content (AvgIpc) is 3.16. The Bertz CT molecular complexity index is 902. The van der Waals surface area contributed by atoms with Gasteiger partial charge in [0.15, 0.2) is 6.61 Å². The van der Waals surface area contributed by atoms with E-state index in [-0.39, 0.29) is 18.4 Å². The van der Waals surface area contributed by atoms with E-state index in [0.29, 0.717) is 30.6 Å². The molecule has 138 valence electrons. The molecule has 7 heteroatoms. The standard InChI is InChI=1S/C20H19N3O4/c1-25-16-7-9-17(10-8-16)26-13-18(24)23-11-15(12-23)20-21-19(22-27-20)14-5-3-2-4-6-14/h2-10,15H,11-13H2,1H3. The Kier molecular flexibility index (Phi) is 4.74. The molecule has 27 heavy (non-hydrogen) atoms. The van der Waals surface area contributed by atoms with Gasteiger partial charge < -0.3 is 18.9 Å². The van der Waals surface area contributed by atoms with Crippen molar-refractivity contribution >= 4 is 5.91 Å². The van der Waals surface area contributed by atoms with E-state index in [0.717, 1.165) is 11.3 Å². The zero-order valence-electron chi connectivity index (χ0n) is 14.9. The monoisotopic (exact) mass is 365 g/mol. The van der Waals surface area contributed by atoms with Crippen LogP contribution in [0.15, 0.2) is 59.1 Å². The van der Waals surface area contributed by atoms with Crippen molar-refractivity contribution in [1.29, 1.82) is 0 Å². The maximum atomic E-state index is 12.2. The van der Waals surface area contributed by atoms with Crippen LogP contribution >= 0.6 is 0 Å². The Morgan fingerprint density at radius 3 is 2.52 bits per heavy atom. The fraction of sp³-hybridized carbons (Fsp3) is 0.250. The first-order valence-corrected chi connectivity index (χ1v) is 8.66. The van der Waals surface area contributed by atoms with E-state index in [4.69, 9.17) is 14.0 Å². The lowest BCUT2D eigenvalue weighted by Crippen LogP contribution is -2.50. The van der Waals surface area contributed by atoms with Crippen molar-refractivity contribution in [3.8, 4) is 22.9 Å². The lowest BCUT2D eigenvalue weighted by atomic mass is 10.0. The van der Waals surface area contributed by atoms with Crippen molar-refractivity contribution in [3.05, 3.63) is 60.5 Å². The number of methoxy groups -OCH3 is 1. The van der Waals surface area contributed by atoms with Gasteiger partial charge in [-0.1, -0.05) is 35.5 Å². The fourth-order valence-electron chi connectivity index (χ4n) is 2.85. The molecule has 0 aliphatic carbocycles. The Hall–Kier alpha value is -3.35. The highest BCUT2D eigenvalue weighted by Gasteiger charge is 2.35. The summed E-state index contributed by atoms with van der Waals surface area (Å²) in [5.74, 6) is 2.51. The Morgan fingerprint density at radius 2 is 1.81 bits per heavy atom. The second-order valence-corrected chi connectivity index (χ2v) is 6.28. The van der Waals surface area contributed by atoms with Gasteiger partial charge in [-0.25, -0.2) is 0 Å². The molecule has 1 aliphatic heterocycles. The van der Waals surface area contributed by atoms with Crippen molar-refractivity contribution in [2.75, 3.05) is 26.8 Å². The maximum Gasteiger partial charge on any atom is 0.260 e. The molecule has 1 aromatic heterocycles. The van der Waals surface area contributed by atoms with Crippen LogP contribution < -0.4 is 9.47 Å². The maximum absolute atomic E-state index is 12.2. The van der Waals surface area contributed by atoms with Crippen LogP contribution in [0, 0.1) is 0 Å². The molecule has 0 spiro atoms. The first-order valence-electron chi connectivity index (χ1n) is 8.66. The number of carbonyl (C=O) groups excluding carboxylic acids is 1. The number of hydrogen-bond acceptors (Lipinski definition) is 6. The lowest BCUT2D eigenvalue weighted by Gasteiger charge is -2.36. The van der Waals surface area contributed by atoms with Crippen LogP contribution in [0.3, 0.4) is 0 Å². The minimum Gasteiger partial charge on any atom is -0.497 e. The molecule has 1 saturated heterocycles. The van der Waals surface area contributed by atoms with Crippen LogP contribution in [0.25, 0.3) is 11.4 Å². The number of rotatable bonds is 6. The van der Waals surface area contributed by atoms with Gasteiger partial charge in [-0.15, -0.1) is 0 Å². The number of nitrogens with zero attached hydrogens (tertiary/aromatic N) is 3. The van der Waals surface area contributed by atoms with Crippen molar-refractivity contribution < 1.29 is 18.8 Å².